The van der Waals surface area contributed by atoms with Crippen molar-refractivity contribution >= 4 is 33.5 Å². The number of nitrogens with zero attached hydrogens (tertiary/aromatic N) is 1. The minimum atomic E-state index is -0.227. The Kier molecular flexibility index (Phi) is 10.7. The van der Waals surface area contributed by atoms with Gasteiger partial charge in [-0.1, -0.05) is 41.3 Å². The van der Waals surface area contributed by atoms with Gasteiger partial charge < -0.3 is 14.2 Å². The molecule has 5 nitrogen and oxygen atoms in total. The zero-order valence-corrected chi connectivity index (χ0v) is 19.6. The number of methoxy groups -OCH3 is 2. The molecule has 0 aliphatic carbocycles. The highest BCUT2D eigenvalue weighted by Gasteiger charge is 2.08. The number of alkyl halides is 1. The summed E-state index contributed by atoms with van der Waals surface area (Å²) in [6, 6.07) is 14.7. The van der Waals surface area contributed by atoms with E-state index in [9.17, 15) is 10.1 Å². The number of esters is 1. The molecule has 0 unspecified atom stereocenters. The van der Waals surface area contributed by atoms with Crippen molar-refractivity contribution in [3.05, 3.63) is 53.6 Å². The number of allylic oxidation sites excluding steroid dienone is 1. The van der Waals surface area contributed by atoms with Gasteiger partial charge in [-0.25, -0.2) is 0 Å². The molecule has 0 amide bonds. The van der Waals surface area contributed by atoms with Crippen LogP contribution in [0.3, 0.4) is 0 Å². The smallest absolute Gasteiger partial charge is 0.311 e. The Morgan fingerprint density at radius 3 is 2.29 bits per heavy atom. The molecule has 0 aliphatic heterocycles. The maximum Gasteiger partial charge on any atom is 0.311 e. The third kappa shape index (κ3) is 8.10. The molecule has 0 atom stereocenters. The molecule has 31 heavy (non-hydrogen) atoms. The van der Waals surface area contributed by atoms with Gasteiger partial charge in [0.15, 0.2) is 11.5 Å². The third-order valence-electron chi connectivity index (χ3n) is 4.75. The van der Waals surface area contributed by atoms with E-state index in [2.05, 4.69) is 22.0 Å². The first-order valence-electron chi connectivity index (χ1n) is 10.3. The molecule has 2 aromatic carbocycles. The largest absolute Gasteiger partial charge is 0.493 e. The van der Waals surface area contributed by atoms with E-state index < -0.39 is 0 Å². The van der Waals surface area contributed by atoms with Gasteiger partial charge in [0.25, 0.3) is 0 Å². The molecule has 6 heteroatoms. The number of hydrogen-bond acceptors (Lipinski definition) is 5. The van der Waals surface area contributed by atoms with Gasteiger partial charge in [0.05, 0.1) is 25.9 Å². The lowest BCUT2D eigenvalue weighted by Crippen LogP contribution is -2.07. The van der Waals surface area contributed by atoms with Crippen LogP contribution in [0.4, 0.5) is 0 Å². The van der Waals surface area contributed by atoms with E-state index in [1.165, 1.54) is 12.8 Å². The van der Waals surface area contributed by atoms with E-state index >= 15 is 0 Å². The monoisotopic (exact) mass is 485 g/mol. The number of benzene rings is 2. The summed E-state index contributed by atoms with van der Waals surface area (Å²) >= 11 is 3.42. The summed E-state index contributed by atoms with van der Waals surface area (Å²) in [7, 11) is 3.15. The first kappa shape index (κ1) is 24.5. The predicted octanol–water partition coefficient (Wildman–Crippen LogP) is 6.41. The molecule has 0 fully saturated rings. The van der Waals surface area contributed by atoms with E-state index in [4.69, 9.17) is 14.2 Å². The summed E-state index contributed by atoms with van der Waals surface area (Å²) in [6.07, 6.45) is 7.55. The van der Waals surface area contributed by atoms with Gasteiger partial charge in [-0.2, -0.15) is 5.26 Å². The highest BCUT2D eigenvalue weighted by atomic mass is 79.9. The maximum absolute atomic E-state index is 12.0. The van der Waals surface area contributed by atoms with Crippen LogP contribution in [0.25, 0.3) is 11.6 Å². The Bertz CT molecular complexity index is 916. The van der Waals surface area contributed by atoms with E-state index in [0.29, 0.717) is 29.2 Å². The van der Waals surface area contributed by atoms with Crippen molar-refractivity contribution in [2.24, 2.45) is 0 Å². The number of rotatable bonds is 12. The van der Waals surface area contributed by atoms with Crippen LogP contribution in [0, 0.1) is 11.3 Å². The molecule has 164 valence electrons. The first-order chi connectivity index (χ1) is 15.1. The Labute approximate surface area is 192 Å². The van der Waals surface area contributed by atoms with E-state index in [1.54, 1.807) is 50.6 Å². The van der Waals surface area contributed by atoms with Crippen LogP contribution in [0.2, 0.25) is 0 Å². The number of nitriles is 1. The number of carbonyl (C=O) groups is 1. The van der Waals surface area contributed by atoms with Gasteiger partial charge in [0.1, 0.15) is 5.75 Å². The number of halogens is 1. The van der Waals surface area contributed by atoms with Crippen LogP contribution in [-0.2, 0) is 4.79 Å². The molecule has 0 bridgehead atoms. The second-order valence-electron chi connectivity index (χ2n) is 6.99. The number of hydrogen-bond donors (Lipinski definition) is 0. The van der Waals surface area contributed by atoms with Crippen LogP contribution in [-0.4, -0.2) is 25.5 Å². The minimum absolute atomic E-state index is 0.227. The third-order valence-corrected chi connectivity index (χ3v) is 5.31. The Morgan fingerprint density at radius 1 is 0.968 bits per heavy atom. The van der Waals surface area contributed by atoms with Crippen molar-refractivity contribution in [2.45, 2.75) is 38.5 Å². The van der Waals surface area contributed by atoms with E-state index in [-0.39, 0.29) is 5.97 Å². The summed E-state index contributed by atoms with van der Waals surface area (Å²) in [5.74, 6) is 1.48. The predicted molar refractivity (Wildman–Crippen MR) is 127 cm³/mol. The van der Waals surface area contributed by atoms with Gasteiger partial charge in [-0.15, -0.1) is 0 Å². The summed E-state index contributed by atoms with van der Waals surface area (Å²) in [4.78, 5) is 12.0. The molecule has 0 aliphatic rings. The van der Waals surface area contributed by atoms with Crippen LogP contribution < -0.4 is 14.2 Å². The summed E-state index contributed by atoms with van der Waals surface area (Å²) in [6.45, 7) is 0. The molecule has 0 spiro atoms. The molecule has 0 heterocycles. The fraction of sp³-hybridized carbons (Fsp3) is 0.360. The van der Waals surface area contributed by atoms with Crippen LogP contribution in [0.1, 0.15) is 49.7 Å². The van der Waals surface area contributed by atoms with E-state index in [0.717, 1.165) is 35.7 Å². The molecule has 0 aromatic heterocycles. The van der Waals surface area contributed by atoms with Gasteiger partial charge in [0, 0.05) is 11.8 Å². The lowest BCUT2D eigenvalue weighted by Gasteiger charge is -2.08. The highest BCUT2D eigenvalue weighted by Crippen LogP contribution is 2.29. The Hall–Kier alpha value is -2.78. The molecular formula is C25H28BrNO4. The van der Waals surface area contributed by atoms with E-state index in [1.807, 2.05) is 12.1 Å². The van der Waals surface area contributed by atoms with Crippen molar-refractivity contribution in [1.82, 2.24) is 0 Å². The van der Waals surface area contributed by atoms with Gasteiger partial charge >= 0.3 is 5.97 Å². The number of unbranched alkanes of at least 4 members (excludes halogenated alkanes) is 4. The molecule has 2 aromatic rings. The summed E-state index contributed by atoms with van der Waals surface area (Å²) in [5.41, 5.74) is 2.05. The van der Waals surface area contributed by atoms with Gasteiger partial charge in [0.2, 0.25) is 0 Å². The highest BCUT2D eigenvalue weighted by molar-refractivity contribution is 9.09. The molecule has 0 radical (unpaired) electrons. The van der Waals surface area contributed by atoms with Crippen molar-refractivity contribution in [3.63, 3.8) is 0 Å². The average molecular weight is 486 g/mol. The molecular weight excluding hydrogens is 458 g/mol. The zero-order chi connectivity index (χ0) is 22.5. The molecule has 0 saturated heterocycles. The second kappa shape index (κ2) is 13.5. The van der Waals surface area contributed by atoms with Crippen molar-refractivity contribution in [3.8, 4) is 23.3 Å². The minimum Gasteiger partial charge on any atom is -0.493 e. The summed E-state index contributed by atoms with van der Waals surface area (Å²) < 4.78 is 16.0. The zero-order valence-electron chi connectivity index (χ0n) is 18.0. The maximum atomic E-state index is 12.0. The van der Waals surface area contributed by atoms with Crippen molar-refractivity contribution in [2.75, 3.05) is 19.5 Å². The SMILES string of the molecule is COc1ccc(C=C(C#N)c2ccc(OC(=O)CCCCCCCBr)cc2)cc1OC. The average Bonchev–Trinajstić information content (AvgIpc) is 2.80. The fourth-order valence-corrected chi connectivity index (χ4v) is 3.47. The molecule has 0 N–H and O–H groups in total. The molecule has 2 rings (SSSR count). The lowest BCUT2D eigenvalue weighted by molar-refractivity contribution is -0.134. The Balaban J connectivity index is 1.97. The summed E-state index contributed by atoms with van der Waals surface area (Å²) in [5, 5.41) is 10.6. The first-order valence-corrected chi connectivity index (χ1v) is 11.4. The van der Waals surface area contributed by atoms with Crippen molar-refractivity contribution in [1.29, 1.82) is 5.26 Å². The molecule has 0 saturated carbocycles. The van der Waals surface area contributed by atoms with Crippen LogP contribution in [0.15, 0.2) is 42.5 Å². The standard InChI is InChI=1S/C25H28BrNO4/c1-29-23-14-9-19(17-24(23)30-2)16-21(18-27)20-10-12-22(13-11-20)31-25(28)8-6-4-3-5-7-15-26/h9-14,16-17H,3-8,15H2,1-2H3. The van der Waals surface area contributed by atoms with Gasteiger partial charge in [-0.3, -0.25) is 4.79 Å². The van der Waals surface area contributed by atoms with Crippen LogP contribution in [0.5, 0.6) is 17.2 Å². The second-order valence-corrected chi connectivity index (χ2v) is 7.78. The number of ether oxygens (including phenoxy) is 3. The van der Waals surface area contributed by atoms with Crippen LogP contribution >= 0.6 is 15.9 Å². The quantitative estimate of drug-likeness (QED) is 0.0866. The Morgan fingerprint density at radius 2 is 1.65 bits per heavy atom. The fourth-order valence-electron chi connectivity index (χ4n) is 3.07. The van der Waals surface area contributed by atoms with Crippen molar-refractivity contribution < 1.29 is 19.0 Å². The number of carbonyl (C=O) groups excluding carboxylic acids is 1. The van der Waals surface area contributed by atoms with Gasteiger partial charge in [-0.05, 0) is 66.4 Å². The topological polar surface area (TPSA) is 68.5 Å². The normalized spacial score (nSPS) is 11.0. The lowest BCUT2D eigenvalue weighted by atomic mass is 10.0.